The van der Waals surface area contributed by atoms with Gasteiger partial charge in [0.25, 0.3) is 0 Å². The normalized spacial score (nSPS) is 13.9. The highest BCUT2D eigenvalue weighted by Crippen LogP contribution is 2.04. The third-order valence-corrected chi connectivity index (χ3v) is 4.90. The molecule has 7 N–H and O–H groups in total. The van der Waals surface area contributed by atoms with E-state index in [-0.39, 0.29) is 12.3 Å². The Morgan fingerprint density at radius 1 is 1.23 bits per heavy atom. The van der Waals surface area contributed by atoms with E-state index in [1.807, 2.05) is 6.26 Å². The summed E-state index contributed by atoms with van der Waals surface area (Å²) in [7, 11) is 0. The molecule has 3 unspecified atom stereocenters. The second-order valence-electron chi connectivity index (χ2n) is 7.08. The number of nitrogens with zero attached hydrogens (tertiary/aromatic N) is 1. The number of aromatic nitrogens is 2. The molecule has 3 amide bonds. The van der Waals surface area contributed by atoms with Crippen molar-refractivity contribution in [3.05, 3.63) is 18.2 Å². The molecule has 0 radical (unpaired) electrons. The van der Waals surface area contributed by atoms with E-state index in [4.69, 9.17) is 5.73 Å². The number of H-pyrrole nitrogens is 1. The number of aromatic amines is 1. The molecule has 1 aromatic rings. The minimum absolute atomic E-state index is 0.0215. The number of carboxylic acid groups (broad SMARTS) is 1. The van der Waals surface area contributed by atoms with Crippen molar-refractivity contribution < 1.29 is 24.3 Å². The lowest BCUT2D eigenvalue weighted by Gasteiger charge is -2.23. The van der Waals surface area contributed by atoms with Crippen LogP contribution in [0.25, 0.3) is 0 Å². The SMILES string of the molecule is CSCCC(N)C(=O)NC(C(=O)NCC(=O)NC(Cc1cnc[nH]1)C(=O)O)C(C)C. The summed E-state index contributed by atoms with van der Waals surface area (Å²) in [5.74, 6) is -2.39. The molecule has 1 rings (SSSR count). The van der Waals surface area contributed by atoms with E-state index in [2.05, 4.69) is 25.9 Å². The molecule has 1 heterocycles. The molecule has 168 valence electrons. The fraction of sp³-hybridized carbons (Fsp3) is 0.611. The number of amides is 3. The summed E-state index contributed by atoms with van der Waals surface area (Å²) in [6, 6.07) is -2.77. The number of nitrogens with one attached hydrogen (secondary N) is 4. The van der Waals surface area contributed by atoms with Crippen molar-refractivity contribution in [3.63, 3.8) is 0 Å². The van der Waals surface area contributed by atoms with Crippen LogP contribution < -0.4 is 21.7 Å². The maximum atomic E-state index is 12.5. The second-order valence-corrected chi connectivity index (χ2v) is 8.06. The lowest BCUT2D eigenvalue weighted by atomic mass is 10.0. The van der Waals surface area contributed by atoms with Gasteiger partial charge in [-0.2, -0.15) is 11.8 Å². The molecule has 12 heteroatoms. The summed E-state index contributed by atoms with van der Waals surface area (Å²) in [5.41, 5.74) is 6.38. The largest absolute Gasteiger partial charge is 0.480 e. The van der Waals surface area contributed by atoms with Gasteiger partial charge in [-0.1, -0.05) is 13.8 Å². The summed E-state index contributed by atoms with van der Waals surface area (Å²) >= 11 is 1.57. The molecule has 0 aliphatic heterocycles. The fourth-order valence-corrected chi connectivity index (χ4v) is 3.00. The average Bonchev–Trinajstić information content (AvgIpc) is 3.20. The van der Waals surface area contributed by atoms with Gasteiger partial charge in [-0.05, 0) is 24.3 Å². The zero-order chi connectivity index (χ0) is 22.7. The van der Waals surface area contributed by atoms with Crippen molar-refractivity contribution in [1.29, 1.82) is 0 Å². The number of carbonyl (C=O) groups excluding carboxylic acids is 3. The lowest BCUT2D eigenvalue weighted by molar-refractivity contribution is -0.141. The predicted molar refractivity (Wildman–Crippen MR) is 113 cm³/mol. The first-order valence-electron chi connectivity index (χ1n) is 9.47. The van der Waals surface area contributed by atoms with Gasteiger partial charge in [0.05, 0.1) is 18.9 Å². The Kier molecular flexibility index (Phi) is 10.9. The number of hydrogen-bond donors (Lipinski definition) is 6. The van der Waals surface area contributed by atoms with Gasteiger partial charge < -0.3 is 31.8 Å². The van der Waals surface area contributed by atoms with Crippen molar-refractivity contribution in [2.45, 2.75) is 44.8 Å². The van der Waals surface area contributed by atoms with Crippen LogP contribution >= 0.6 is 11.8 Å². The number of carbonyl (C=O) groups is 4. The van der Waals surface area contributed by atoms with Crippen molar-refractivity contribution >= 4 is 35.5 Å². The molecule has 0 aliphatic carbocycles. The van der Waals surface area contributed by atoms with Gasteiger partial charge in [-0.15, -0.1) is 0 Å². The Balaban J connectivity index is 2.57. The van der Waals surface area contributed by atoms with Crippen LogP contribution in [0.3, 0.4) is 0 Å². The van der Waals surface area contributed by atoms with Gasteiger partial charge in [-0.25, -0.2) is 9.78 Å². The minimum atomic E-state index is -1.21. The number of aliphatic carboxylic acids is 1. The Morgan fingerprint density at radius 2 is 1.93 bits per heavy atom. The maximum Gasteiger partial charge on any atom is 0.326 e. The van der Waals surface area contributed by atoms with Crippen LogP contribution in [0.15, 0.2) is 12.5 Å². The predicted octanol–water partition coefficient (Wildman–Crippen LogP) is -1.14. The molecular weight excluding hydrogens is 412 g/mol. The standard InChI is InChI=1S/C18H30N6O5S/c1-10(2)15(24-16(26)12(19)4-5-30-3)17(27)21-8-14(25)23-13(18(28)29)6-11-7-20-9-22-11/h7,9-10,12-13,15H,4-6,8,19H2,1-3H3,(H,20,22)(H,21,27)(H,23,25)(H,24,26)(H,28,29). The van der Waals surface area contributed by atoms with E-state index in [0.29, 0.717) is 12.1 Å². The van der Waals surface area contributed by atoms with Crippen molar-refractivity contribution in [2.75, 3.05) is 18.6 Å². The second kappa shape index (κ2) is 12.9. The van der Waals surface area contributed by atoms with E-state index < -0.39 is 48.4 Å². The molecule has 0 spiro atoms. The first-order valence-corrected chi connectivity index (χ1v) is 10.9. The topological polar surface area (TPSA) is 179 Å². The summed E-state index contributed by atoms with van der Waals surface area (Å²) in [5, 5.41) is 16.7. The zero-order valence-corrected chi connectivity index (χ0v) is 18.1. The van der Waals surface area contributed by atoms with Crippen LogP contribution in [0.2, 0.25) is 0 Å². The van der Waals surface area contributed by atoms with E-state index in [1.165, 1.54) is 12.5 Å². The number of nitrogens with two attached hydrogens (primary N) is 1. The quantitative estimate of drug-likeness (QED) is 0.222. The van der Waals surface area contributed by atoms with Gasteiger partial charge in [0.2, 0.25) is 17.7 Å². The van der Waals surface area contributed by atoms with Crippen LogP contribution in [-0.4, -0.2) is 75.4 Å². The van der Waals surface area contributed by atoms with Crippen LogP contribution in [0.4, 0.5) is 0 Å². The van der Waals surface area contributed by atoms with E-state index in [1.54, 1.807) is 25.6 Å². The maximum absolute atomic E-state index is 12.5. The smallest absolute Gasteiger partial charge is 0.326 e. The number of hydrogen-bond acceptors (Lipinski definition) is 7. The molecule has 30 heavy (non-hydrogen) atoms. The Hall–Kier alpha value is -2.60. The highest BCUT2D eigenvalue weighted by molar-refractivity contribution is 7.98. The monoisotopic (exact) mass is 442 g/mol. The van der Waals surface area contributed by atoms with E-state index >= 15 is 0 Å². The number of imidazole rings is 1. The molecule has 1 aromatic heterocycles. The average molecular weight is 443 g/mol. The summed E-state index contributed by atoms with van der Waals surface area (Å²) in [6.07, 6.45) is 5.28. The van der Waals surface area contributed by atoms with Crippen LogP contribution in [-0.2, 0) is 25.6 Å². The van der Waals surface area contributed by atoms with Crippen LogP contribution in [0, 0.1) is 5.92 Å². The summed E-state index contributed by atoms with van der Waals surface area (Å²) < 4.78 is 0. The van der Waals surface area contributed by atoms with Crippen molar-refractivity contribution in [3.8, 4) is 0 Å². The van der Waals surface area contributed by atoms with E-state index in [9.17, 15) is 24.3 Å². The summed E-state index contributed by atoms with van der Waals surface area (Å²) in [6.45, 7) is 3.08. The molecule has 0 saturated carbocycles. The fourth-order valence-electron chi connectivity index (χ4n) is 2.51. The summed E-state index contributed by atoms with van der Waals surface area (Å²) in [4.78, 5) is 54.7. The molecule has 0 saturated heterocycles. The molecule has 0 fully saturated rings. The molecule has 0 bridgehead atoms. The number of carboxylic acids is 1. The lowest BCUT2D eigenvalue weighted by Crippen LogP contribution is -2.55. The zero-order valence-electron chi connectivity index (χ0n) is 17.3. The van der Waals surface area contributed by atoms with Crippen LogP contribution in [0.1, 0.15) is 26.0 Å². The Morgan fingerprint density at radius 3 is 2.47 bits per heavy atom. The molecule has 3 atom stereocenters. The van der Waals surface area contributed by atoms with E-state index in [0.717, 1.165) is 5.75 Å². The van der Waals surface area contributed by atoms with Gasteiger partial charge >= 0.3 is 5.97 Å². The third-order valence-electron chi connectivity index (χ3n) is 4.25. The van der Waals surface area contributed by atoms with Crippen molar-refractivity contribution in [2.24, 2.45) is 11.7 Å². The molecule has 0 aromatic carbocycles. The molecule has 0 aliphatic rings. The van der Waals surface area contributed by atoms with Gasteiger partial charge in [0.15, 0.2) is 0 Å². The third kappa shape index (κ3) is 8.82. The number of rotatable bonds is 13. The minimum Gasteiger partial charge on any atom is -0.480 e. The molecular formula is C18H30N6O5S. The van der Waals surface area contributed by atoms with Crippen LogP contribution in [0.5, 0.6) is 0 Å². The van der Waals surface area contributed by atoms with Gasteiger partial charge in [-0.3, -0.25) is 14.4 Å². The molecule has 11 nitrogen and oxygen atoms in total. The van der Waals surface area contributed by atoms with Crippen molar-refractivity contribution in [1.82, 2.24) is 25.9 Å². The highest BCUT2D eigenvalue weighted by Gasteiger charge is 2.27. The van der Waals surface area contributed by atoms with Gasteiger partial charge in [0.1, 0.15) is 12.1 Å². The first-order chi connectivity index (χ1) is 14.1. The first kappa shape index (κ1) is 25.4. The number of thioether (sulfide) groups is 1. The van der Waals surface area contributed by atoms with Gasteiger partial charge in [0, 0.05) is 18.3 Å². The highest BCUT2D eigenvalue weighted by atomic mass is 32.2. The Labute approximate surface area is 179 Å². The Bertz CT molecular complexity index is 712.